The molecule has 1 aliphatic carbocycles. The molecule has 3 atom stereocenters. The number of nitrogens with zero attached hydrogens (tertiary/aromatic N) is 1. The van der Waals surface area contributed by atoms with Gasteiger partial charge in [-0.3, -0.25) is 24.1 Å². The van der Waals surface area contributed by atoms with Crippen LogP contribution in [0.5, 0.6) is 0 Å². The minimum absolute atomic E-state index is 0.0728. The number of likely N-dealkylation sites (tertiary alicyclic amines) is 1. The van der Waals surface area contributed by atoms with Gasteiger partial charge in [-0.2, -0.15) is 0 Å². The SMILES string of the molecule is Cc1ccc(CN2C(=O)[C@H]3[C@@H](c4ccc(Br)cc4)OC4(C(=O)c5ccccc5C4=O)[C@@H]3C2=O)cc1. The fourth-order valence-corrected chi connectivity index (χ4v) is 5.83. The second-order valence-electron chi connectivity index (χ2n) is 9.28. The highest BCUT2D eigenvalue weighted by Gasteiger charge is 2.74. The van der Waals surface area contributed by atoms with Crippen molar-refractivity contribution in [3.63, 3.8) is 0 Å². The maximum absolute atomic E-state index is 13.8. The van der Waals surface area contributed by atoms with Gasteiger partial charge < -0.3 is 4.74 Å². The van der Waals surface area contributed by atoms with Crippen molar-refractivity contribution in [1.82, 2.24) is 4.90 Å². The van der Waals surface area contributed by atoms with Crippen molar-refractivity contribution >= 4 is 39.3 Å². The molecule has 7 heteroatoms. The van der Waals surface area contributed by atoms with Gasteiger partial charge in [0.15, 0.2) is 0 Å². The third kappa shape index (κ3) is 3.04. The van der Waals surface area contributed by atoms with Crippen LogP contribution in [0.2, 0.25) is 0 Å². The molecular weight excluding hydrogens is 510 g/mol. The summed E-state index contributed by atoms with van der Waals surface area (Å²) < 4.78 is 7.12. The van der Waals surface area contributed by atoms with Gasteiger partial charge in [0.05, 0.1) is 24.5 Å². The highest BCUT2D eigenvalue weighted by molar-refractivity contribution is 9.10. The number of rotatable bonds is 3. The number of aryl methyl sites for hydroxylation is 1. The third-order valence-electron chi connectivity index (χ3n) is 7.27. The molecule has 0 radical (unpaired) electrons. The Morgan fingerprint density at radius 3 is 2.03 bits per heavy atom. The van der Waals surface area contributed by atoms with E-state index in [0.717, 1.165) is 15.6 Å². The number of carbonyl (C=O) groups excluding carboxylic acids is 4. The van der Waals surface area contributed by atoms with E-state index < -0.39 is 46.9 Å². The first-order valence-electron chi connectivity index (χ1n) is 11.4. The quantitative estimate of drug-likeness (QED) is 0.370. The minimum atomic E-state index is -2.04. The maximum Gasteiger partial charge on any atom is 0.237 e. The third-order valence-corrected chi connectivity index (χ3v) is 7.80. The van der Waals surface area contributed by atoms with Crippen LogP contribution in [0.15, 0.2) is 77.3 Å². The molecule has 6 rings (SSSR count). The Hall–Kier alpha value is -3.42. The Kier molecular flexibility index (Phi) is 4.92. The summed E-state index contributed by atoms with van der Waals surface area (Å²) in [7, 11) is 0. The number of ketones is 2. The van der Waals surface area contributed by atoms with Crippen LogP contribution in [0.4, 0.5) is 0 Å². The molecule has 2 saturated heterocycles. The van der Waals surface area contributed by atoms with Gasteiger partial charge in [-0.05, 0) is 30.2 Å². The molecule has 174 valence electrons. The molecule has 3 aliphatic rings. The number of amides is 2. The minimum Gasteiger partial charge on any atom is -0.349 e. The van der Waals surface area contributed by atoms with Gasteiger partial charge in [0, 0.05) is 15.6 Å². The Morgan fingerprint density at radius 2 is 1.43 bits per heavy atom. The second kappa shape index (κ2) is 7.80. The first-order chi connectivity index (χ1) is 16.8. The normalized spacial score (nSPS) is 24.4. The summed E-state index contributed by atoms with van der Waals surface area (Å²) in [5.41, 5.74) is 0.901. The van der Waals surface area contributed by atoms with Crippen LogP contribution in [0.25, 0.3) is 0 Å². The smallest absolute Gasteiger partial charge is 0.237 e. The van der Waals surface area contributed by atoms with Crippen molar-refractivity contribution < 1.29 is 23.9 Å². The standard InChI is InChI=1S/C28H20BrNO5/c1-15-6-8-16(9-7-15)14-30-26(33)21-22(27(30)34)28(35-23(21)17-10-12-18(29)13-11-17)24(31)19-4-2-3-5-20(19)25(28)32/h2-13,21-23H,14H2,1H3/t21-,22+,23-/m1/s1. The Morgan fingerprint density at radius 1 is 0.829 bits per heavy atom. The summed E-state index contributed by atoms with van der Waals surface area (Å²) in [4.78, 5) is 56.2. The molecule has 0 unspecified atom stereocenters. The summed E-state index contributed by atoms with van der Waals surface area (Å²) in [5.74, 6) is -4.27. The molecule has 2 amide bonds. The zero-order chi connectivity index (χ0) is 24.5. The lowest BCUT2D eigenvalue weighted by molar-refractivity contribution is -0.145. The molecule has 2 fully saturated rings. The van der Waals surface area contributed by atoms with E-state index in [-0.39, 0.29) is 17.7 Å². The summed E-state index contributed by atoms with van der Waals surface area (Å²) in [5, 5.41) is 0. The van der Waals surface area contributed by atoms with Crippen LogP contribution in [0.1, 0.15) is 43.5 Å². The van der Waals surface area contributed by atoms with Crippen molar-refractivity contribution in [1.29, 1.82) is 0 Å². The number of hydrogen-bond acceptors (Lipinski definition) is 5. The fraction of sp³-hybridized carbons (Fsp3) is 0.214. The van der Waals surface area contributed by atoms with Gasteiger partial charge in [-0.15, -0.1) is 0 Å². The van der Waals surface area contributed by atoms with Crippen LogP contribution in [-0.4, -0.2) is 33.9 Å². The second-order valence-corrected chi connectivity index (χ2v) is 10.2. The van der Waals surface area contributed by atoms with Crippen LogP contribution < -0.4 is 0 Å². The Bertz CT molecular complexity index is 1380. The summed E-state index contributed by atoms with van der Waals surface area (Å²) in [6.45, 7) is 2.03. The average molecular weight is 530 g/mol. The molecule has 35 heavy (non-hydrogen) atoms. The van der Waals surface area contributed by atoms with Crippen LogP contribution in [0.3, 0.4) is 0 Å². The lowest BCUT2D eigenvalue weighted by atomic mass is 9.77. The lowest BCUT2D eigenvalue weighted by Crippen LogP contribution is -2.50. The van der Waals surface area contributed by atoms with Gasteiger partial charge >= 0.3 is 0 Å². The van der Waals surface area contributed by atoms with Crippen molar-refractivity contribution in [3.05, 3.63) is 105 Å². The van der Waals surface area contributed by atoms with Gasteiger partial charge in [-0.1, -0.05) is 82.2 Å². The van der Waals surface area contributed by atoms with E-state index in [2.05, 4.69) is 15.9 Å². The molecule has 0 saturated carbocycles. The van der Waals surface area contributed by atoms with E-state index >= 15 is 0 Å². The molecule has 0 bridgehead atoms. The lowest BCUT2D eigenvalue weighted by Gasteiger charge is -2.27. The number of imide groups is 1. The summed E-state index contributed by atoms with van der Waals surface area (Å²) >= 11 is 3.40. The predicted octanol–water partition coefficient (Wildman–Crippen LogP) is 4.45. The number of Topliss-reactive ketones (excluding diaryl/α,β-unsaturated/α-hetero) is 2. The van der Waals surface area contributed by atoms with Gasteiger partial charge in [0.25, 0.3) is 0 Å². The molecular formula is C28H20BrNO5. The van der Waals surface area contributed by atoms with Crippen LogP contribution in [-0.2, 0) is 20.9 Å². The molecule has 3 aromatic rings. The first kappa shape index (κ1) is 22.1. The number of benzene rings is 3. The van der Waals surface area contributed by atoms with Crippen molar-refractivity contribution in [2.75, 3.05) is 0 Å². The van der Waals surface area contributed by atoms with Crippen LogP contribution >= 0.6 is 15.9 Å². The largest absolute Gasteiger partial charge is 0.349 e. The van der Waals surface area contributed by atoms with Crippen molar-refractivity contribution in [3.8, 4) is 0 Å². The van der Waals surface area contributed by atoms with Gasteiger partial charge in [0.2, 0.25) is 29.0 Å². The zero-order valence-corrected chi connectivity index (χ0v) is 20.3. The molecule has 2 heterocycles. The maximum atomic E-state index is 13.8. The number of ether oxygens (including phenoxy) is 1. The topological polar surface area (TPSA) is 80.8 Å². The van der Waals surface area contributed by atoms with Crippen LogP contribution in [0, 0.1) is 18.8 Å². The van der Waals surface area contributed by atoms with Crippen molar-refractivity contribution in [2.24, 2.45) is 11.8 Å². The predicted molar refractivity (Wildman–Crippen MR) is 130 cm³/mol. The van der Waals surface area contributed by atoms with E-state index in [4.69, 9.17) is 4.74 Å². The van der Waals surface area contributed by atoms with E-state index in [1.54, 1.807) is 48.5 Å². The highest BCUT2D eigenvalue weighted by atomic mass is 79.9. The Labute approximate surface area is 210 Å². The van der Waals surface area contributed by atoms with E-state index in [9.17, 15) is 19.2 Å². The summed E-state index contributed by atoms with van der Waals surface area (Å²) in [6.07, 6.45) is -0.908. The van der Waals surface area contributed by atoms with Gasteiger partial charge in [-0.25, -0.2) is 0 Å². The van der Waals surface area contributed by atoms with Crippen molar-refractivity contribution in [2.45, 2.75) is 25.2 Å². The molecule has 0 aromatic heterocycles. The number of halogens is 1. The number of fused-ring (bicyclic) bond motifs is 3. The van der Waals surface area contributed by atoms with E-state index in [1.165, 1.54) is 4.90 Å². The monoisotopic (exact) mass is 529 g/mol. The Balaban J connectivity index is 1.48. The van der Waals surface area contributed by atoms with E-state index in [0.29, 0.717) is 5.56 Å². The fourth-order valence-electron chi connectivity index (χ4n) is 5.56. The molecule has 0 N–H and O–H groups in total. The molecule has 6 nitrogen and oxygen atoms in total. The number of hydrogen-bond donors (Lipinski definition) is 0. The van der Waals surface area contributed by atoms with E-state index in [1.807, 2.05) is 31.2 Å². The molecule has 1 spiro atoms. The molecule has 2 aliphatic heterocycles. The average Bonchev–Trinajstić information content (AvgIpc) is 3.42. The van der Waals surface area contributed by atoms with Gasteiger partial charge in [0.1, 0.15) is 0 Å². The number of carbonyl (C=O) groups is 4. The highest BCUT2D eigenvalue weighted by Crippen LogP contribution is 2.57. The first-order valence-corrected chi connectivity index (χ1v) is 12.1. The molecule has 3 aromatic carbocycles. The summed E-state index contributed by atoms with van der Waals surface area (Å²) in [6, 6.07) is 21.2. The zero-order valence-electron chi connectivity index (χ0n) is 18.7.